The van der Waals surface area contributed by atoms with Crippen LogP contribution in [0.5, 0.6) is 0 Å². The number of carbonyl (C=O) groups excluding carboxylic acids is 2. The molecular formula is C32H34N4O4S. The van der Waals surface area contributed by atoms with Crippen molar-refractivity contribution in [1.29, 1.82) is 0 Å². The van der Waals surface area contributed by atoms with Crippen LogP contribution in [0.2, 0.25) is 0 Å². The molecule has 0 unspecified atom stereocenters. The number of aryl methyl sites for hydroxylation is 1. The van der Waals surface area contributed by atoms with Gasteiger partial charge < -0.3 is 10.3 Å². The summed E-state index contributed by atoms with van der Waals surface area (Å²) >= 11 is 0. The van der Waals surface area contributed by atoms with Gasteiger partial charge in [-0.05, 0) is 48.2 Å². The summed E-state index contributed by atoms with van der Waals surface area (Å²) in [5.74, 6) is -0.688. The van der Waals surface area contributed by atoms with E-state index in [1.807, 2.05) is 82.3 Å². The van der Waals surface area contributed by atoms with E-state index >= 15 is 0 Å². The molecule has 41 heavy (non-hydrogen) atoms. The van der Waals surface area contributed by atoms with Gasteiger partial charge in [0.15, 0.2) is 5.78 Å². The normalized spacial score (nSPS) is 14.7. The number of ketones is 1. The molecule has 0 atom stereocenters. The maximum absolute atomic E-state index is 13.4. The first-order chi connectivity index (χ1) is 19.7. The molecule has 5 rings (SSSR count). The molecule has 0 aliphatic carbocycles. The van der Waals surface area contributed by atoms with Crippen LogP contribution in [-0.2, 0) is 23.0 Å². The van der Waals surface area contributed by atoms with Gasteiger partial charge in [-0.3, -0.25) is 14.5 Å². The number of rotatable bonds is 10. The van der Waals surface area contributed by atoms with Gasteiger partial charge in [0.25, 0.3) is 5.91 Å². The lowest BCUT2D eigenvalue weighted by molar-refractivity contribution is 0.0892. The van der Waals surface area contributed by atoms with Crippen molar-refractivity contribution in [3.63, 3.8) is 0 Å². The Morgan fingerprint density at radius 2 is 1.39 bits per heavy atom. The van der Waals surface area contributed by atoms with Crippen molar-refractivity contribution in [2.24, 2.45) is 5.73 Å². The van der Waals surface area contributed by atoms with E-state index in [4.69, 9.17) is 5.73 Å². The van der Waals surface area contributed by atoms with E-state index in [0.29, 0.717) is 43.0 Å². The van der Waals surface area contributed by atoms with Crippen LogP contribution in [0.4, 0.5) is 0 Å². The highest BCUT2D eigenvalue weighted by Gasteiger charge is 2.30. The Bertz CT molecular complexity index is 1620. The van der Waals surface area contributed by atoms with Gasteiger partial charge in [0.2, 0.25) is 10.0 Å². The molecule has 4 aromatic rings. The monoisotopic (exact) mass is 570 g/mol. The van der Waals surface area contributed by atoms with Crippen LogP contribution in [-0.4, -0.2) is 66.6 Å². The number of carbonyl (C=O) groups is 2. The number of primary amides is 1. The summed E-state index contributed by atoms with van der Waals surface area (Å²) in [7, 11) is -3.65. The van der Waals surface area contributed by atoms with Crippen molar-refractivity contribution in [3.05, 3.63) is 114 Å². The zero-order valence-electron chi connectivity index (χ0n) is 23.1. The van der Waals surface area contributed by atoms with Crippen molar-refractivity contribution >= 4 is 21.7 Å². The molecule has 212 valence electrons. The van der Waals surface area contributed by atoms with E-state index in [1.165, 1.54) is 4.31 Å². The molecule has 1 aromatic heterocycles. The molecule has 0 saturated carbocycles. The van der Waals surface area contributed by atoms with Gasteiger partial charge in [0.1, 0.15) is 0 Å². The molecule has 1 fully saturated rings. The second kappa shape index (κ2) is 12.2. The van der Waals surface area contributed by atoms with E-state index in [1.54, 1.807) is 25.1 Å². The second-order valence-electron chi connectivity index (χ2n) is 10.3. The fourth-order valence-corrected chi connectivity index (χ4v) is 6.73. The largest absolute Gasteiger partial charge is 0.366 e. The molecule has 2 N–H and O–H groups in total. The summed E-state index contributed by atoms with van der Waals surface area (Å²) in [6.07, 6.45) is 0.706. The minimum atomic E-state index is -3.65. The first-order valence-electron chi connectivity index (χ1n) is 13.7. The number of nitrogens with two attached hydrogens (primary N) is 1. The Kier molecular flexibility index (Phi) is 8.49. The summed E-state index contributed by atoms with van der Waals surface area (Å²) in [5.41, 5.74) is 10.2. The van der Waals surface area contributed by atoms with Gasteiger partial charge in [0.05, 0.1) is 22.7 Å². The predicted octanol–water partition coefficient (Wildman–Crippen LogP) is 3.99. The van der Waals surface area contributed by atoms with Crippen molar-refractivity contribution < 1.29 is 18.0 Å². The highest BCUT2D eigenvalue weighted by Crippen LogP contribution is 2.24. The topological polar surface area (TPSA) is 106 Å². The lowest BCUT2D eigenvalue weighted by atomic mass is 10.1. The molecule has 1 aliphatic heterocycles. The van der Waals surface area contributed by atoms with Crippen LogP contribution in [0.1, 0.15) is 32.1 Å². The number of piperazine rings is 1. The molecule has 9 heteroatoms. The Morgan fingerprint density at radius 1 is 0.805 bits per heavy atom. The first-order valence-corrected chi connectivity index (χ1v) is 15.1. The van der Waals surface area contributed by atoms with Gasteiger partial charge in [-0.2, -0.15) is 4.31 Å². The van der Waals surface area contributed by atoms with Gasteiger partial charge in [-0.25, -0.2) is 8.42 Å². The third-order valence-corrected chi connectivity index (χ3v) is 9.60. The zero-order valence-corrected chi connectivity index (χ0v) is 23.9. The lowest BCUT2D eigenvalue weighted by Crippen LogP contribution is -2.49. The van der Waals surface area contributed by atoms with Gasteiger partial charge in [0, 0.05) is 38.4 Å². The zero-order chi connectivity index (χ0) is 29.0. The summed E-state index contributed by atoms with van der Waals surface area (Å²) in [4.78, 5) is 27.7. The molecule has 3 aromatic carbocycles. The lowest BCUT2D eigenvalue weighted by Gasteiger charge is -2.33. The van der Waals surface area contributed by atoms with E-state index in [9.17, 15) is 18.0 Å². The summed E-state index contributed by atoms with van der Waals surface area (Å²) in [5, 5.41) is 0. The number of aromatic nitrogens is 1. The van der Waals surface area contributed by atoms with Gasteiger partial charge in [-0.15, -0.1) is 0 Å². The number of hydrogen-bond donors (Lipinski definition) is 1. The van der Waals surface area contributed by atoms with Crippen LogP contribution in [0, 0.1) is 6.92 Å². The molecule has 0 spiro atoms. The minimum Gasteiger partial charge on any atom is -0.366 e. The van der Waals surface area contributed by atoms with Crippen molar-refractivity contribution in [2.45, 2.75) is 24.8 Å². The quantitative estimate of drug-likeness (QED) is 0.290. The van der Waals surface area contributed by atoms with E-state index < -0.39 is 15.9 Å². The minimum absolute atomic E-state index is 0.124. The molecule has 1 aliphatic rings. The van der Waals surface area contributed by atoms with E-state index in [-0.39, 0.29) is 30.3 Å². The Morgan fingerprint density at radius 3 is 2.00 bits per heavy atom. The fourth-order valence-electron chi connectivity index (χ4n) is 5.31. The Hall–Kier alpha value is -4.05. The molecule has 2 heterocycles. The third kappa shape index (κ3) is 6.32. The summed E-state index contributed by atoms with van der Waals surface area (Å²) < 4.78 is 30.0. The fraction of sp³-hybridized carbons (Fsp3) is 0.250. The standard InChI is InChI=1S/C32H34N4O4S/c1-24-29(32(33)38)22-30(36(24)17-16-25-8-4-2-5-9-25)31(37)23-34-18-20-35(21-19-34)41(39,40)28-14-12-27(13-15-28)26-10-6-3-7-11-26/h2-15,22H,16-21,23H2,1H3,(H2,33,38). The Labute approximate surface area is 241 Å². The molecule has 0 radical (unpaired) electrons. The maximum atomic E-state index is 13.4. The van der Waals surface area contributed by atoms with Crippen molar-refractivity contribution in [1.82, 2.24) is 13.8 Å². The number of sulfonamides is 1. The highest BCUT2D eigenvalue weighted by atomic mass is 32.2. The van der Waals surface area contributed by atoms with Crippen molar-refractivity contribution in [3.8, 4) is 11.1 Å². The maximum Gasteiger partial charge on any atom is 0.250 e. The number of nitrogens with zero attached hydrogens (tertiary/aromatic N) is 3. The number of hydrogen-bond acceptors (Lipinski definition) is 5. The Balaban J connectivity index is 1.23. The van der Waals surface area contributed by atoms with E-state index in [2.05, 4.69) is 0 Å². The molecule has 1 amide bonds. The molecule has 8 nitrogen and oxygen atoms in total. The van der Waals surface area contributed by atoms with Crippen LogP contribution >= 0.6 is 0 Å². The average molecular weight is 571 g/mol. The highest BCUT2D eigenvalue weighted by molar-refractivity contribution is 7.89. The molecular weight excluding hydrogens is 536 g/mol. The average Bonchev–Trinajstić information content (AvgIpc) is 3.33. The first kappa shape index (κ1) is 28.5. The molecule has 0 bridgehead atoms. The van der Waals surface area contributed by atoms with Crippen LogP contribution in [0.15, 0.2) is 95.9 Å². The van der Waals surface area contributed by atoms with Crippen LogP contribution in [0.3, 0.4) is 0 Å². The van der Waals surface area contributed by atoms with Crippen LogP contribution < -0.4 is 5.73 Å². The second-order valence-corrected chi connectivity index (χ2v) is 12.2. The summed E-state index contributed by atoms with van der Waals surface area (Å²) in [6, 6.07) is 28.3. The smallest absolute Gasteiger partial charge is 0.250 e. The van der Waals surface area contributed by atoms with Crippen LogP contribution in [0.25, 0.3) is 11.1 Å². The van der Waals surface area contributed by atoms with Gasteiger partial charge >= 0.3 is 0 Å². The number of benzene rings is 3. The van der Waals surface area contributed by atoms with Crippen molar-refractivity contribution in [2.75, 3.05) is 32.7 Å². The summed E-state index contributed by atoms with van der Waals surface area (Å²) in [6.45, 7) is 3.91. The predicted molar refractivity (Wildman–Crippen MR) is 159 cm³/mol. The third-order valence-electron chi connectivity index (χ3n) is 7.68. The molecule has 1 saturated heterocycles. The number of Topliss-reactive ketones (excluding diaryl/α,β-unsaturated/α-hetero) is 1. The number of amides is 1. The van der Waals surface area contributed by atoms with Gasteiger partial charge in [-0.1, -0.05) is 72.8 Å². The SMILES string of the molecule is Cc1c(C(N)=O)cc(C(=O)CN2CCN(S(=O)(=O)c3ccc(-c4ccccc4)cc3)CC2)n1CCc1ccccc1. The van der Waals surface area contributed by atoms with E-state index in [0.717, 1.165) is 16.7 Å².